The van der Waals surface area contributed by atoms with Gasteiger partial charge in [0, 0.05) is 0 Å². The molecule has 1 aromatic carbocycles. The summed E-state index contributed by atoms with van der Waals surface area (Å²) in [7, 11) is 0. The molecule has 1 N–H and O–H groups in total. The van der Waals surface area contributed by atoms with Crippen molar-refractivity contribution in [3.05, 3.63) is 35.9 Å². The molecular weight excluding hydrogens is 228 g/mol. The molecule has 0 heterocycles. The van der Waals surface area contributed by atoms with Crippen molar-refractivity contribution in [3.63, 3.8) is 0 Å². The second-order valence-corrected chi connectivity index (χ2v) is 4.51. The van der Waals surface area contributed by atoms with Crippen molar-refractivity contribution in [2.24, 2.45) is 0 Å². The molecule has 0 aliphatic carbocycles. The average Bonchev–Trinajstić information content (AvgIpc) is 2.38. The molecule has 0 bridgehead atoms. The van der Waals surface area contributed by atoms with Gasteiger partial charge < -0.3 is 9.84 Å². The third kappa shape index (κ3) is 5.71. The monoisotopic (exact) mass is 250 g/mol. The van der Waals surface area contributed by atoms with E-state index in [-0.39, 0.29) is 0 Å². The summed E-state index contributed by atoms with van der Waals surface area (Å²) < 4.78 is 4.55. The summed E-state index contributed by atoms with van der Waals surface area (Å²) in [6.45, 7) is 2.49. The maximum absolute atomic E-state index is 10.3. The molecule has 0 aliphatic rings. The van der Waals surface area contributed by atoms with E-state index in [1.807, 2.05) is 6.07 Å². The smallest absolute Gasteiger partial charge is 0.450 e. The number of carboxylic acid groups (broad SMARTS) is 1. The topological polar surface area (TPSA) is 46.5 Å². The molecule has 0 radical (unpaired) electrons. The van der Waals surface area contributed by atoms with Gasteiger partial charge in [-0.05, 0) is 30.7 Å². The van der Waals surface area contributed by atoms with E-state index in [1.54, 1.807) is 0 Å². The van der Waals surface area contributed by atoms with Crippen molar-refractivity contribution >= 4 is 6.16 Å². The van der Waals surface area contributed by atoms with Gasteiger partial charge in [-0.15, -0.1) is 0 Å². The first-order chi connectivity index (χ1) is 8.74. The van der Waals surface area contributed by atoms with Gasteiger partial charge in [-0.25, -0.2) is 4.79 Å². The summed E-state index contributed by atoms with van der Waals surface area (Å²) in [5, 5.41) is 8.41. The first kappa shape index (κ1) is 14.6. The lowest BCUT2D eigenvalue weighted by Crippen LogP contribution is -2.05. The van der Waals surface area contributed by atoms with E-state index >= 15 is 0 Å². The lowest BCUT2D eigenvalue weighted by Gasteiger charge is -2.16. The summed E-state index contributed by atoms with van der Waals surface area (Å²) in [6, 6.07) is 10.4. The maximum Gasteiger partial charge on any atom is 0.505 e. The molecule has 1 aromatic rings. The highest BCUT2D eigenvalue weighted by Gasteiger charge is 2.10. The molecule has 0 saturated carbocycles. The molecule has 3 nitrogen and oxygen atoms in total. The standard InChI is InChI=1S/C15H22O3/c1-2-3-8-13(11-7-12-18-15(16)17)14-9-5-4-6-10-14/h4-6,9-10,13H,2-3,7-8,11-12H2,1H3,(H,16,17). The van der Waals surface area contributed by atoms with Crippen LogP contribution in [0.1, 0.15) is 50.5 Å². The Bertz CT molecular complexity index is 335. The van der Waals surface area contributed by atoms with Gasteiger partial charge in [0.15, 0.2) is 0 Å². The predicted octanol–water partition coefficient (Wildman–Crippen LogP) is 4.44. The molecule has 18 heavy (non-hydrogen) atoms. The van der Waals surface area contributed by atoms with Crippen molar-refractivity contribution in [3.8, 4) is 0 Å². The summed E-state index contributed by atoms with van der Waals surface area (Å²) in [6.07, 6.45) is 4.15. The van der Waals surface area contributed by atoms with E-state index in [4.69, 9.17) is 5.11 Å². The maximum atomic E-state index is 10.3. The molecule has 0 aliphatic heterocycles. The molecule has 1 atom stereocenters. The predicted molar refractivity (Wildman–Crippen MR) is 71.9 cm³/mol. The van der Waals surface area contributed by atoms with Crippen LogP contribution in [0.4, 0.5) is 4.79 Å². The van der Waals surface area contributed by atoms with Crippen molar-refractivity contribution < 1.29 is 14.6 Å². The molecule has 0 fully saturated rings. The third-order valence-electron chi connectivity index (χ3n) is 3.10. The molecule has 0 aromatic heterocycles. The van der Waals surface area contributed by atoms with Gasteiger partial charge >= 0.3 is 6.16 Å². The summed E-state index contributed by atoms with van der Waals surface area (Å²) in [4.78, 5) is 10.3. The van der Waals surface area contributed by atoms with Crippen LogP contribution in [0.5, 0.6) is 0 Å². The fourth-order valence-electron chi connectivity index (χ4n) is 2.14. The minimum atomic E-state index is -1.18. The normalized spacial score (nSPS) is 12.1. The molecule has 0 spiro atoms. The Hall–Kier alpha value is -1.51. The summed E-state index contributed by atoms with van der Waals surface area (Å²) >= 11 is 0. The van der Waals surface area contributed by atoms with Gasteiger partial charge in [-0.1, -0.05) is 50.1 Å². The Kier molecular flexibility index (Phi) is 6.92. The van der Waals surface area contributed by atoms with E-state index in [0.717, 1.165) is 19.3 Å². The van der Waals surface area contributed by atoms with E-state index in [2.05, 4.69) is 35.9 Å². The fraction of sp³-hybridized carbons (Fsp3) is 0.533. The lowest BCUT2D eigenvalue weighted by molar-refractivity contribution is 0.0895. The Morgan fingerprint density at radius 1 is 1.22 bits per heavy atom. The van der Waals surface area contributed by atoms with Crippen LogP contribution in [-0.2, 0) is 4.74 Å². The quantitative estimate of drug-likeness (QED) is 0.548. The van der Waals surface area contributed by atoms with Crippen LogP contribution in [-0.4, -0.2) is 17.9 Å². The lowest BCUT2D eigenvalue weighted by atomic mass is 9.90. The van der Waals surface area contributed by atoms with Crippen LogP contribution in [0.3, 0.4) is 0 Å². The van der Waals surface area contributed by atoms with E-state index in [9.17, 15) is 4.79 Å². The first-order valence-corrected chi connectivity index (χ1v) is 6.64. The van der Waals surface area contributed by atoms with Crippen LogP contribution in [0.15, 0.2) is 30.3 Å². The Balaban J connectivity index is 2.43. The number of carbonyl (C=O) groups is 1. The zero-order chi connectivity index (χ0) is 13.2. The van der Waals surface area contributed by atoms with Crippen LogP contribution >= 0.6 is 0 Å². The Morgan fingerprint density at radius 2 is 1.89 bits per heavy atom. The number of rotatable bonds is 8. The van der Waals surface area contributed by atoms with Gasteiger partial charge in [0.2, 0.25) is 0 Å². The molecule has 1 unspecified atom stereocenters. The van der Waals surface area contributed by atoms with Gasteiger partial charge in [0.25, 0.3) is 0 Å². The van der Waals surface area contributed by atoms with Gasteiger partial charge in [0.05, 0.1) is 6.61 Å². The van der Waals surface area contributed by atoms with Crippen LogP contribution < -0.4 is 0 Å². The zero-order valence-corrected chi connectivity index (χ0v) is 11.0. The number of ether oxygens (including phenoxy) is 1. The van der Waals surface area contributed by atoms with E-state index in [1.165, 1.54) is 18.4 Å². The highest BCUT2D eigenvalue weighted by Crippen LogP contribution is 2.26. The number of unbranched alkanes of at least 4 members (excludes halogenated alkanes) is 1. The van der Waals surface area contributed by atoms with Crippen molar-refractivity contribution in [1.29, 1.82) is 0 Å². The molecule has 100 valence electrons. The molecule has 3 heteroatoms. The van der Waals surface area contributed by atoms with Crippen LogP contribution in [0, 0.1) is 0 Å². The molecule has 0 amide bonds. The second-order valence-electron chi connectivity index (χ2n) is 4.51. The summed E-state index contributed by atoms with van der Waals surface area (Å²) in [5.74, 6) is 0.517. The number of hydrogen-bond donors (Lipinski definition) is 1. The third-order valence-corrected chi connectivity index (χ3v) is 3.10. The zero-order valence-electron chi connectivity index (χ0n) is 11.0. The largest absolute Gasteiger partial charge is 0.505 e. The summed E-state index contributed by atoms with van der Waals surface area (Å²) in [5.41, 5.74) is 1.35. The van der Waals surface area contributed by atoms with Crippen LogP contribution in [0.2, 0.25) is 0 Å². The molecule has 0 saturated heterocycles. The van der Waals surface area contributed by atoms with Gasteiger partial charge in [-0.3, -0.25) is 0 Å². The minimum Gasteiger partial charge on any atom is -0.450 e. The van der Waals surface area contributed by atoms with Gasteiger partial charge in [-0.2, -0.15) is 0 Å². The van der Waals surface area contributed by atoms with Gasteiger partial charge in [0.1, 0.15) is 0 Å². The van der Waals surface area contributed by atoms with E-state index < -0.39 is 6.16 Å². The fourth-order valence-corrected chi connectivity index (χ4v) is 2.14. The molecular formula is C15H22O3. The van der Waals surface area contributed by atoms with Crippen molar-refractivity contribution in [1.82, 2.24) is 0 Å². The van der Waals surface area contributed by atoms with E-state index in [0.29, 0.717) is 12.5 Å². The Morgan fingerprint density at radius 3 is 2.50 bits per heavy atom. The van der Waals surface area contributed by atoms with Crippen molar-refractivity contribution in [2.75, 3.05) is 6.61 Å². The average molecular weight is 250 g/mol. The first-order valence-electron chi connectivity index (χ1n) is 6.64. The highest BCUT2D eigenvalue weighted by molar-refractivity contribution is 5.56. The highest BCUT2D eigenvalue weighted by atomic mass is 16.7. The molecule has 1 rings (SSSR count). The second kappa shape index (κ2) is 8.56. The number of benzene rings is 1. The van der Waals surface area contributed by atoms with Crippen molar-refractivity contribution in [2.45, 2.75) is 44.9 Å². The SMILES string of the molecule is CCCCC(CCCOC(=O)O)c1ccccc1. The Labute approximate surface area is 109 Å². The van der Waals surface area contributed by atoms with Crippen LogP contribution in [0.25, 0.3) is 0 Å². The number of hydrogen-bond acceptors (Lipinski definition) is 2. The minimum absolute atomic E-state index is 0.296.